The Morgan fingerprint density at radius 1 is 0.476 bits per heavy atom. The smallest absolute Gasteiger partial charge is 0.316 e. The van der Waals surface area contributed by atoms with Crippen molar-refractivity contribution in [2.45, 2.75) is 28.0 Å². The zero-order valence-electron chi connectivity index (χ0n) is 25.6. The molecule has 0 radical (unpaired) electrons. The second-order valence-corrected chi connectivity index (χ2v) is 11.0. The normalized spacial score (nSPS) is 11.2. The molecule has 230 valence electrons. The van der Waals surface area contributed by atoms with E-state index in [1.165, 1.54) is 64.0 Å². The Balaban J connectivity index is 2.83. The molecule has 3 rings (SSSR count). The Kier molecular flexibility index (Phi) is 10.8. The van der Waals surface area contributed by atoms with E-state index in [1.807, 2.05) is 0 Å². The highest BCUT2D eigenvalue weighted by molar-refractivity contribution is 8.30. The molecule has 0 aromatic heterocycles. The van der Waals surface area contributed by atoms with Crippen LogP contribution in [0.3, 0.4) is 0 Å². The first kappa shape index (κ1) is 32.2. The SMILES string of the molecule is CCC(=O)OS(c1c(OC)cc(OC)cc1OC)(c1c(OC)cc(OC)cc1OC)c1c(OC)cc(OC)cc1OC. The number of rotatable bonds is 14. The van der Waals surface area contributed by atoms with Gasteiger partial charge in [0, 0.05) is 53.1 Å². The van der Waals surface area contributed by atoms with Gasteiger partial charge < -0.3 is 46.8 Å². The van der Waals surface area contributed by atoms with E-state index in [1.54, 1.807) is 43.3 Å². The lowest BCUT2D eigenvalue weighted by atomic mass is 10.3. The number of carbonyl (C=O) groups is 1. The standard InChI is InChI=1S/C30H38O11S/c1-11-27(31)41-42(28-21(35-5)12-18(32-2)13-22(28)36-6,29-23(37-7)14-19(33-3)15-24(29)38-8)30-25(39-9)16-20(34-4)17-26(30)40-10/h12-17H,11H2,1-10H3. The van der Waals surface area contributed by atoms with Crippen molar-refractivity contribution in [3.63, 3.8) is 0 Å². The molecule has 0 unspecified atom stereocenters. The molecule has 0 N–H and O–H groups in total. The van der Waals surface area contributed by atoms with Gasteiger partial charge in [-0.3, -0.25) is 4.79 Å². The molecule has 0 aliphatic rings. The molecule has 0 heterocycles. The number of carbonyl (C=O) groups excluding carboxylic acids is 1. The van der Waals surface area contributed by atoms with Crippen molar-refractivity contribution in [3.05, 3.63) is 36.4 Å². The Bertz CT molecular complexity index is 1180. The van der Waals surface area contributed by atoms with Crippen LogP contribution in [0.15, 0.2) is 51.1 Å². The molecule has 0 amide bonds. The lowest BCUT2D eigenvalue weighted by Crippen LogP contribution is -2.18. The maximum absolute atomic E-state index is 13.6. The predicted octanol–water partition coefficient (Wildman–Crippen LogP) is 5.91. The fourth-order valence-electron chi connectivity index (χ4n) is 4.40. The minimum absolute atomic E-state index is 0.0388. The maximum Gasteiger partial charge on any atom is 0.316 e. The van der Waals surface area contributed by atoms with Gasteiger partial charge in [0.05, 0.1) is 64.0 Å². The third-order valence-electron chi connectivity index (χ3n) is 6.38. The van der Waals surface area contributed by atoms with Crippen molar-refractivity contribution >= 4 is 16.3 Å². The van der Waals surface area contributed by atoms with Crippen molar-refractivity contribution in [1.29, 1.82) is 0 Å². The van der Waals surface area contributed by atoms with Crippen molar-refractivity contribution < 1.29 is 51.6 Å². The van der Waals surface area contributed by atoms with Crippen LogP contribution >= 0.6 is 10.3 Å². The van der Waals surface area contributed by atoms with Crippen LogP contribution in [0.2, 0.25) is 0 Å². The van der Waals surface area contributed by atoms with Crippen LogP contribution in [0.5, 0.6) is 51.7 Å². The number of methoxy groups -OCH3 is 9. The van der Waals surface area contributed by atoms with E-state index < -0.39 is 16.3 Å². The molecule has 0 fully saturated rings. The minimum Gasteiger partial charge on any atom is -0.496 e. The average molecular weight is 607 g/mol. The predicted molar refractivity (Wildman–Crippen MR) is 157 cm³/mol. The van der Waals surface area contributed by atoms with Crippen molar-refractivity contribution in [1.82, 2.24) is 0 Å². The molecule has 0 saturated heterocycles. The quantitative estimate of drug-likeness (QED) is 0.218. The summed E-state index contributed by atoms with van der Waals surface area (Å²) in [4.78, 5) is 14.7. The number of hydrogen-bond donors (Lipinski definition) is 0. The van der Waals surface area contributed by atoms with Crippen molar-refractivity contribution in [3.8, 4) is 51.7 Å². The molecular formula is C30H38O11S. The van der Waals surface area contributed by atoms with E-state index >= 15 is 0 Å². The molecule has 0 saturated carbocycles. The Hall–Kier alpha value is -4.32. The summed E-state index contributed by atoms with van der Waals surface area (Å²) >= 11 is 0. The zero-order chi connectivity index (χ0) is 31.0. The van der Waals surface area contributed by atoms with E-state index in [2.05, 4.69) is 0 Å². The number of ether oxygens (including phenoxy) is 9. The first-order chi connectivity index (χ1) is 20.3. The summed E-state index contributed by atoms with van der Waals surface area (Å²) in [5, 5.41) is 0. The van der Waals surface area contributed by atoms with Crippen LogP contribution < -0.4 is 42.6 Å². The summed E-state index contributed by atoms with van der Waals surface area (Å²) < 4.78 is 58.9. The monoisotopic (exact) mass is 606 g/mol. The van der Waals surface area contributed by atoms with Gasteiger partial charge in [0.1, 0.15) is 66.4 Å². The lowest BCUT2D eigenvalue weighted by Gasteiger charge is -2.43. The highest BCUT2D eigenvalue weighted by Crippen LogP contribution is 2.80. The van der Waals surface area contributed by atoms with Gasteiger partial charge in [-0.25, -0.2) is 0 Å². The van der Waals surface area contributed by atoms with Gasteiger partial charge in [0.2, 0.25) is 0 Å². The van der Waals surface area contributed by atoms with E-state index in [9.17, 15) is 4.79 Å². The molecule has 0 aliphatic carbocycles. The molecule has 0 atom stereocenters. The second kappa shape index (κ2) is 14.0. The van der Waals surface area contributed by atoms with E-state index in [0.717, 1.165) is 0 Å². The third-order valence-corrected chi connectivity index (χ3v) is 9.75. The molecular weight excluding hydrogens is 568 g/mol. The van der Waals surface area contributed by atoms with Gasteiger partial charge in [-0.15, -0.1) is 0 Å². The van der Waals surface area contributed by atoms with E-state index in [-0.39, 0.29) is 6.42 Å². The summed E-state index contributed by atoms with van der Waals surface area (Å²) in [5.74, 6) is 2.59. The van der Waals surface area contributed by atoms with Gasteiger partial charge in [-0.2, -0.15) is 0 Å². The van der Waals surface area contributed by atoms with Crippen LogP contribution in [0, 0.1) is 0 Å². The Labute approximate surface area is 247 Å². The summed E-state index contributed by atoms with van der Waals surface area (Å²) in [6.07, 6.45) is 0.0388. The van der Waals surface area contributed by atoms with Gasteiger partial charge in [0.15, 0.2) is 0 Å². The molecule has 0 spiro atoms. The molecule has 3 aromatic carbocycles. The van der Waals surface area contributed by atoms with E-state index in [0.29, 0.717) is 66.4 Å². The molecule has 42 heavy (non-hydrogen) atoms. The lowest BCUT2D eigenvalue weighted by molar-refractivity contribution is -0.133. The fourth-order valence-corrected chi connectivity index (χ4v) is 8.21. The zero-order valence-corrected chi connectivity index (χ0v) is 26.4. The van der Waals surface area contributed by atoms with Crippen LogP contribution in [0.25, 0.3) is 0 Å². The van der Waals surface area contributed by atoms with Crippen molar-refractivity contribution in [2.75, 3.05) is 64.0 Å². The van der Waals surface area contributed by atoms with Crippen molar-refractivity contribution in [2.24, 2.45) is 0 Å². The molecule has 0 bridgehead atoms. The van der Waals surface area contributed by atoms with E-state index in [4.69, 9.17) is 46.8 Å². The summed E-state index contributed by atoms with van der Waals surface area (Å²) in [6, 6.07) is 10.0. The Morgan fingerprint density at radius 2 is 0.714 bits per heavy atom. The fraction of sp³-hybridized carbons (Fsp3) is 0.367. The molecule has 12 heteroatoms. The largest absolute Gasteiger partial charge is 0.496 e. The summed E-state index contributed by atoms with van der Waals surface area (Å²) in [6.45, 7) is 1.69. The topological polar surface area (TPSA) is 109 Å². The first-order valence-corrected chi connectivity index (χ1v) is 14.3. The first-order valence-electron chi connectivity index (χ1n) is 12.7. The maximum atomic E-state index is 13.6. The highest BCUT2D eigenvalue weighted by Gasteiger charge is 2.49. The third kappa shape index (κ3) is 5.71. The summed E-state index contributed by atoms with van der Waals surface area (Å²) in [5.41, 5.74) is 0. The molecule has 0 aliphatic heterocycles. The Morgan fingerprint density at radius 3 is 0.881 bits per heavy atom. The minimum atomic E-state index is -3.34. The number of hydrogen-bond acceptors (Lipinski definition) is 11. The molecule has 3 aromatic rings. The van der Waals surface area contributed by atoms with Crippen LogP contribution in [-0.4, -0.2) is 70.0 Å². The van der Waals surface area contributed by atoms with Crippen LogP contribution in [-0.2, 0) is 8.98 Å². The van der Waals surface area contributed by atoms with Gasteiger partial charge >= 0.3 is 5.97 Å². The van der Waals surface area contributed by atoms with Crippen LogP contribution in [0.1, 0.15) is 13.3 Å². The number of benzene rings is 3. The highest BCUT2D eigenvalue weighted by atomic mass is 32.3. The van der Waals surface area contributed by atoms with Crippen LogP contribution in [0.4, 0.5) is 0 Å². The van der Waals surface area contributed by atoms with Gasteiger partial charge in [0.25, 0.3) is 0 Å². The summed E-state index contributed by atoms with van der Waals surface area (Å²) in [7, 11) is 10.2. The molecule has 11 nitrogen and oxygen atoms in total. The second-order valence-electron chi connectivity index (χ2n) is 8.45. The van der Waals surface area contributed by atoms with Gasteiger partial charge in [-0.05, 0) is 0 Å². The van der Waals surface area contributed by atoms with Gasteiger partial charge in [-0.1, -0.05) is 6.92 Å². The average Bonchev–Trinajstić information content (AvgIpc) is 3.04.